The second kappa shape index (κ2) is 11.0. The van der Waals surface area contributed by atoms with Gasteiger partial charge >= 0.3 is 12.2 Å². The molecular weight excluding hydrogens is 513 g/mol. The molecule has 10 heteroatoms. The zero-order valence-electron chi connectivity index (χ0n) is 23.7. The molecule has 4 heterocycles. The number of nitrogens with one attached hydrogen (secondary N) is 2. The lowest BCUT2D eigenvalue weighted by Crippen LogP contribution is -2.40. The number of hydrogen-bond donors (Lipinski definition) is 2. The fraction of sp³-hybridized carbons (Fsp3) is 0.467. The third-order valence-electron chi connectivity index (χ3n) is 7.35. The van der Waals surface area contributed by atoms with Gasteiger partial charge < -0.3 is 14.8 Å². The normalized spacial score (nSPS) is 16.0. The molecule has 0 bridgehead atoms. The van der Waals surface area contributed by atoms with Crippen LogP contribution in [0.3, 0.4) is 0 Å². The van der Waals surface area contributed by atoms with Crippen molar-refractivity contribution in [3.63, 3.8) is 0 Å². The Kier molecular flexibility index (Phi) is 7.63. The van der Waals surface area contributed by atoms with Crippen molar-refractivity contribution in [1.29, 1.82) is 0 Å². The first-order valence-corrected chi connectivity index (χ1v) is 13.8. The maximum atomic E-state index is 15.8. The summed E-state index contributed by atoms with van der Waals surface area (Å²) in [5.74, 6) is -0.0652. The second-order valence-corrected chi connectivity index (χ2v) is 11.5. The van der Waals surface area contributed by atoms with Gasteiger partial charge in [0.1, 0.15) is 23.3 Å². The maximum absolute atomic E-state index is 15.8. The van der Waals surface area contributed by atoms with E-state index >= 15 is 4.39 Å². The summed E-state index contributed by atoms with van der Waals surface area (Å²) in [5, 5.41) is 7.29. The number of carbonyl (C=O) groups is 2. The molecule has 1 fully saturated rings. The zero-order valence-corrected chi connectivity index (χ0v) is 23.7. The number of amides is 2. The van der Waals surface area contributed by atoms with Crippen LogP contribution >= 0.6 is 0 Å². The van der Waals surface area contributed by atoms with Gasteiger partial charge in [-0.2, -0.15) is 0 Å². The minimum Gasteiger partial charge on any atom is -0.446 e. The maximum Gasteiger partial charge on any atom is 0.414 e. The van der Waals surface area contributed by atoms with Gasteiger partial charge in [-0.3, -0.25) is 15.2 Å². The number of nitrogens with zero attached hydrogens (tertiary/aromatic N) is 3. The van der Waals surface area contributed by atoms with Crippen molar-refractivity contribution in [2.24, 2.45) is 0 Å². The van der Waals surface area contributed by atoms with E-state index in [4.69, 9.17) is 9.47 Å². The summed E-state index contributed by atoms with van der Waals surface area (Å²) in [5.41, 5.74) is 2.97. The highest BCUT2D eigenvalue weighted by Gasteiger charge is 2.31. The van der Waals surface area contributed by atoms with Gasteiger partial charge in [-0.1, -0.05) is 0 Å². The van der Waals surface area contributed by atoms with Crippen LogP contribution in [0.25, 0.3) is 21.9 Å². The average molecular weight is 550 g/mol. The van der Waals surface area contributed by atoms with E-state index in [1.54, 1.807) is 36.4 Å². The number of hydrogen-bond acceptors (Lipinski definition) is 7. The van der Waals surface area contributed by atoms with E-state index in [1.165, 1.54) is 0 Å². The van der Waals surface area contributed by atoms with E-state index in [9.17, 15) is 9.59 Å². The van der Waals surface area contributed by atoms with Crippen LogP contribution in [-0.4, -0.2) is 53.5 Å². The van der Waals surface area contributed by atoms with E-state index < -0.39 is 17.8 Å². The Labute approximate surface area is 233 Å². The first-order valence-electron chi connectivity index (χ1n) is 13.8. The number of fused-ring (bicyclic) bond motifs is 2. The van der Waals surface area contributed by atoms with Gasteiger partial charge in [-0.25, -0.2) is 19.0 Å². The van der Waals surface area contributed by atoms with Gasteiger partial charge in [0.15, 0.2) is 0 Å². The number of carbonyl (C=O) groups excluding carboxylic acids is 2. The molecule has 9 nitrogen and oxygen atoms in total. The van der Waals surface area contributed by atoms with E-state index in [2.05, 4.69) is 20.6 Å². The molecule has 0 unspecified atom stereocenters. The highest BCUT2D eigenvalue weighted by Crippen LogP contribution is 2.39. The minimum atomic E-state index is -0.644. The number of piperidine rings is 1. The molecule has 1 aromatic carbocycles. The zero-order chi connectivity index (χ0) is 28.6. The summed E-state index contributed by atoms with van der Waals surface area (Å²) < 4.78 is 27.0. The molecule has 0 aliphatic carbocycles. The fourth-order valence-corrected chi connectivity index (χ4v) is 5.38. The molecule has 0 atom stereocenters. The van der Waals surface area contributed by atoms with Gasteiger partial charge in [0.2, 0.25) is 0 Å². The van der Waals surface area contributed by atoms with E-state index in [0.29, 0.717) is 45.5 Å². The number of anilines is 2. The van der Waals surface area contributed by atoms with Crippen LogP contribution in [0.5, 0.6) is 0 Å². The Morgan fingerprint density at radius 3 is 2.55 bits per heavy atom. The predicted octanol–water partition coefficient (Wildman–Crippen LogP) is 6.04. The number of pyridine rings is 2. The monoisotopic (exact) mass is 549 g/mol. The minimum absolute atomic E-state index is 0.135. The number of ether oxygens (including phenoxy) is 2. The summed E-state index contributed by atoms with van der Waals surface area (Å²) in [4.78, 5) is 36.1. The molecule has 2 aliphatic rings. The van der Waals surface area contributed by atoms with Crippen LogP contribution in [-0.2, 0) is 15.9 Å². The summed E-state index contributed by atoms with van der Waals surface area (Å²) in [7, 11) is 0. The van der Waals surface area contributed by atoms with Crippen molar-refractivity contribution in [2.45, 2.75) is 72.0 Å². The van der Waals surface area contributed by atoms with Gasteiger partial charge in [-0.15, -0.1) is 0 Å². The molecule has 2 aliphatic heterocycles. The third kappa shape index (κ3) is 5.72. The molecule has 0 saturated carbocycles. The highest BCUT2D eigenvalue weighted by molar-refractivity contribution is 5.96. The van der Waals surface area contributed by atoms with Crippen LogP contribution < -0.4 is 15.5 Å². The average Bonchev–Trinajstić information content (AvgIpc) is 2.90. The number of halogens is 1. The standard InChI is InChI=1S/C30H36FN5O4/c1-17-22-15-34-25(35-28(37)39-20-8-10-32-11-9-20)14-19(22)13-21(26(17)31)23-16-33-24-7-6-12-36(27(24)18(23)2)29(38)40-30(3,4)5/h13-16,20,32H,6-12H2,1-5H3,(H,34,35,37). The lowest BCUT2D eigenvalue weighted by Gasteiger charge is -2.33. The summed E-state index contributed by atoms with van der Waals surface area (Å²) in [6, 6.07) is 3.45. The van der Waals surface area contributed by atoms with E-state index in [-0.39, 0.29) is 11.9 Å². The molecule has 0 spiro atoms. The first kappa shape index (κ1) is 27.8. The Bertz CT molecular complexity index is 1460. The number of rotatable bonds is 3. The summed E-state index contributed by atoms with van der Waals surface area (Å²) >= 11 is 0. The van der Waals surface area contributed by atoms with Crippen molar-refractivity contribution in [1.82, 2.24) is 15.3 Å². The Morgan fingerprint density at radius 2 is 1.82 bits per heavy atom. The second-order valence-electron chi connectivity index (χ2n) is 11.5. The van der Waals surface area contributed by atoms with Crippen molar-refractivity contribution in [3.05, 3.63) is 47.2 Å². The molecule has 3 aromatic rings. The van der Waals surface area contributed by atoms with Crippen molar-refractivity contribution < 1.29 is 23.5 Å². The lowest BCUT2D eigenvalue weighted by molar-refractivity contribution is 0.0577. The molecule has 2 N–H and O–H groups in total. The topological polar surface area (TPSA) is 106 Å². The predicted molar refractivity (Wildman–Crippen MR) is 152 cm³/mol. The molecule has 212 valence electrons. The smallest absolute Gasteiger partial charge is 0.414 e. The molecule has 2 aromatic heterocycles. The lowest BCUT2D eigenvalue weighted by atomic mass is 9.93. The van der Waals surface area contributed by atoms with Crippen molar-refractivity contribution in [2.75, 3.05) is 29.9 Å². The van der Waals surface area contributed by atoms with Gasteiger partial charge in [0, 0.05) is 35.5 Å². The molecule has 1 saturated heterocycles. The van der Waals surface area contributed by atoms with Crippen molar-refractivity contribution >= 4 is 34.5 Å². The van der Waals surface area contributed by atoms with Gasteiger partial charge in [-0.05, 0) is 102 Å². The SMILES string of the molecule is Cc1c(-c2cc3cc(NC(=O)OC4CCNCC4)ncc3c(C)c2F)cnc2c1N(C(=O)OC(C)(C)C)CCC2. The molecule has 0 radical (unpaired) electrons. The first-order chi connectivity index (χ1) is 19.0. The molecule has 2 amide bonds. The largest absolute Gasteiger partial charge is 0.446 e. The number of aryl methyl sites for hydroxylation is 2. The van der Waals surface area contributed by atoms with Crippen LogP contribution in [0.1, 0.15) is 56.9 Å². The Morgan fingerprint density at radius 1 is 1.07 bits per heavy atom. The Balaban J connectivity index is 1.49. The van der Waals surface area contributed by atoms with Crippen LogP contribution in [0.2, 0.25) is 0 Å². The highest BCUT2D eigenvalue weighted by atomic mass is 19.1. The number of aromatic nitrogens is 2. The van der Waals surface area contributed by atoms with Gasteiger partial charge in [0.25, 0.3) is 0 Å². The molecule has 5 rings (SSSR count). The molecular formula is C30H36FN5O4. The fourth-order valence-electron chi connectivity index (χ4n) is 5.38. The van der Waals surface area contributed by atoms with E-state index in [0.717, 1.165) is 50.0 Å². The number of benzene rings is 1. The Hall–Kier alpha value is -3.79. The van der Waals surface area contributed by atoms with Gasteiger partial charge in [0.05, 0.1) is 11.4 Å². The van der Waals surface area contributed by atoms with Crippen LogP contribution in [0.4, 0.5) is 25.5 Å². The summed E-state index contributed by atoms with van der Waals surface area (Å²) in [6.07, 6.45) is 5.11. The van der Waals surface area contributed by atoms with E-state index in [1.807, 2.05) is 27.7 Å². The summed E-state index contributed by atoms with van der Waals surface area (Å²) in [6.45, 7) is 11.2. The van der Waals surface area contributed by atoms with Crippen LogP contribution in [0, 0.1) is 19.7 Å². The molecule has 40 heavy (non-hydrogen) atoms. The van der Waals surface area contributed by atoms with Crippen molar-refractivity contribution in [3.8, 4) is 11.1 Å². The quantitative estimate of drug-likeness (QED) is 0.410. The third-order valence-corrected chi connectivity index (χ3v) is 7.35. The van der Waals surface area contributed by atoms with Crippen LogP contribution in [0.15, 0.2) is 24.5 Å².